The van der Waals surface area contributed by atoms with Gasteiger partial charge in [-0.25, -0.2) is 4.98 Å². The molecule has 74 valence electrons. The van der Waals surface area contributed by atoms with Crippen LogP contribution in [-0.2, 0) is 0 Å². The first-order valence-corrected chi connectivity index (χ1v) is 5.70. The van der Waals surface area contributed by atoms with Crippen LogP contribution in [0.25, 0.3) is 11.0 Å². The Morgan fingerprint density at radius 3 is 2.57 bits per heavy atom. The second-order valence-electron chi connectivity index (χ2n) is 2.61. The minimum atomic E-state index is -1.38. The standard InChI is InChI=1S/C8H5Cl3N2S/c9-8(10,11)14-7-12-5-3-1-2-4-6(5)13-7/h1-4H,(H,12,13). The summed E-state index contributed by atoms with van der Waals surface area (Å²) >= 11 is 17.9. The number of alkyl halides is 3. The molecule has 0 fully saturated rings. The summed E-state index contributed by atoms with van der Waals surface area (Å²) in [5, 5.41) is 0.603. The molecule has 1 aromatic heterocycles. The molecule has 0 radical (unpaired) electrons. The Hall–Kier alpha value is -0.0900. The topological polar surface area (TPSA) is 28.7 Å². The van der Waals surface area contributed by atoms with Gasteiger partial charge in [-0.3, -0.25) is 0 Å². The number of H-pyrrole nitrogens is 1. The maximum Gasteiger partial charge on any atom is 0.244 e. The quantitative estimate of drug-likeness (QED) is 0.625. The molecule has 0 bridgehead atoms. The zero-order valence-electron chi connectivity index (χ0n) is 6.80. The molecule has 14 heavy (non-hydrogen) atoms. The van der Waals surface area contributed by atoms with E-state index in [9.17, 15) is 0 Å². The number of nitrogens with one attached hydrogen (secondary N) is 1. The third-order valence-corrected chi connectivity index (χ3v) is 2.89. The third kappa shape index (κ3) is 2.48. The van der Waals surface area contributed by atoms with Crippen LogP contribution in [-0.4, -0.2) is 13.1 Å². The number of halogens is 3. The van der Waals surface area contributed by atoms with Gasteiger partial charge in [0.15, 0.2) is 5.16 Å². The molecule has 2 aromatic rings. The van der Waals surface area contributed by atoms with Crippen molar-refractivity contribution < 1.29 is 0 Å². The molecule has 0 unspecified atom stereocenters. The number of thioether (sulfide) groups is 1. The van der Waals surface area contributed by atoms with Crippen molar-refractivity contribution in [2.45, 2.75) is 8.28 Å². The molecule has 0 spiro atoms. The highest BCUT2D eigenvalue weighted by atomic mass is 35.6. The summed E-state index contributed by atoms with van der Waals surface area (Å²) in [5.41, 5.74) is 1.80. The van der Waals surface area contributed by atoms with E-state index in [1.54, 1.807) is 0 Å². The zero-order valence-corrected chi connectivity index (χ0v) is 9.88. The van der Waals surface area contributed by atoms with Crippen molar-refractivity contribution in [1.82, 2.24) is 9.97 Å². The van der Waals surface area contributed by atoms with Crippen molar-refractivity contribution in [1.29, 1.82) is 0 Å². The molecule has 2 rings (SSSR count). The molecule has 2 nitrogen and oxygen atoms in total. The minimum Gasteiger partial charge on any atom is -0.333 e. The van der Waals surface area contributed by atoms with Crippen LogP contribution in [0.2, 0.25) is 0 Å². The fourth-order valence-corrected chi connectivity index (χ4v) is 2.27. The van der Waals surface area contributed by atoms with Crippen LogP contribution in [0.5, 0.6) is 0 Å². The second-order valence-corrected chi connectivity index (χ2v) is 6.76. The SMILES string of the molecule is ClC(Cl)(Cl)Sc1nc2ccccc2[nH]1. The van der Waals surface area contributed by atoms with E-state index in [2.05, 4.69) is 9.97 Å². The molecule has 0 saturated heterocycles. The van der Waals surface area contributed by atoms with Gasteiger partial charge < -0.3 is 4.98 Å². The van der Waals surface area contributed by atoms with E-state index < -0.39 is 3.12 Å². The Kier molecular flexibility index (Phi) is 2.84. The number of aromatic amines is 1. The van der Waals surface area contributed by atoms with Gasteiger partial charge >= 0.3 is 0 Å². The van der Waals surface area contributed by atoms with Crippen LogP contribution in [0.15, 0.2) is 29.4 Å². The van der Waals surface area contributed by atoms with Gasteiger partial charge in [0.1, 0.15) is 0 Å². The first kappa shape index (κ1) is 10.4. The van der Waals surface area contributed by atoms with Gasteiger partial charge in [0.2, 0.25) is 3.12 Å². The van der Waals surface area contributed by atoms with Crippen LogP contribution in [0, 0.1) is 0 Å². The molecule has 0 amide bonds. The fourth-order valence-electron chi connectivity index (χ4n) is 1.09. The summed E-state index contributed by atoms with van der Waals surface area (Å²) in [4.78, 5) is 7.30. The number of hydrogen-bond donors (Lipinski definition) is 1. The van der Waals surface area contributed by atoms with Gasteiger partial charge in [-0.2, -0.15) is 0 Å². The highest BCUT2D eigenvalue weighted by Crippen LogP contribution is 2.42. The van der Waals surface area contributed by atoms with Gasteiger partial charge in [-0.15, -0.1) is 0 Å². The molecule has 0 aliphatic heterocycles. The van der Waals surface area contributed by atoms with E-state index in [4.69, 9.17) is 34.8 Å². The lowest BCUT2D eigenvalue weighted by molar-refractivity contribution is 1.08. The Morgan fingerprint density at radius 1 is 1.21 bits per heavy atom. The molecule has 0 aliphatic rings. The molecule has 1 heterocycles. The molecule has 0 aliphatic carbocycles. The fraction of sp³-hybridized carbons (Fsp3) is 0.125. The number of para-hydroxylation sites is 2. The second kappa shape index (κ2) is 3.81. The van der Waals surface area contributed by atoms with Gasteiger partial charge in [0.05, 0.1) is 11.0 Å². The predicted octanol–water partition coefficient (Wildman–Crippen LogP) is 3.98. The van der Waals surface area contributed by atoms with Gasteiger partial charge in [-0.1, -0.05) is 46.9 Å². The number of nitrogens with zero attached hydrogens (tertiary/aromatic N) is 1. The number of benzene rings is 1. The van der Waals surface area contributed by atoms with Crippen LogP contribution in [0.1, 0.15) is 0 Å². The Labute approximate surface area is 99.9 Å². The monoisotopic (exact) mass is 266 g/mol. The van der Waals surface area contributed by atoms with E-state index >= 15 is 0 Å². The molecule has 0 saturated carbocycles. The smallest absolute Gasteiger partial charge is 0.244 e. The Bertz CT molecular complexity index is 416. The largest absolute Gasteiger partial charge is 0.333 e. The summed E-state index contributed by atoms with van der Waals surface area (Å²) < 4.78 is -1.38. The number of imidazole rings is 1. The van der Waals surface area contributed by atoms with E-state index in [0.717, 1.165) is 22.8 Å². The lowest BCUT2D eigenvalue weighted by atomic mass is 10.3. The summed E-state index contributed by atoms with van der Waals surface area (Å²) in [6.07, 6.45) is 0. The minimum absolute atomic E-state index is 0.603. The van der Waals surface area contributed by atoms with Crippen molar-refractivity contribution in [3.05, 3.63) is 24.3 Å². The first-order valence-electron chi connectivity index (χ1n) is 3.75. The van der Waals surface area contributed by atoms with Crippen molar-refractivity contribution in [3.63, 3.8) is 0 Å². The van der Waals surface area contributed by atoms with Crippen LogP contribution < -0.4 is 0 Å². The summed E-state index contributed by atoms with van der Waals surface area (Å²) in [6.45, 7) is 0. The lowest BCUT2D eigenvalue weighted by Crippen LogP contribution is -1.93. The maximum atomic E-state index is 5.63. The first-order chi connectivity index (χ1) is 6.54. The average molecular weight is 268 g/mol. The summed E-state index contributed by atoms with van der Waals surface area (Å²) in [5.74, 6) is 0. The Balaban J connectivity index is 2.36. The predicted molar refractivity (Wildman–Crippen MR) is 62.2 cm³/mol. The summed E-state index contributed by atoms with van der Waals surface area (Å²) in [6, 6.07) is 7.65. The lowest BCUT2D eigenvalue weighted by Gasteiger charge is -2.05. The number of rotatable bonds is 1. The molecular weight excluding hydrogens is 263 g/mol. The number of fused-ring (bicyclic) bond motifs is 1. The van der Waals surface area contributed by atoms with Gasteiger partial charge in [0.25, 0.3) is 0 Å². The normalized spacial score (nSPS) is 12.2. The Morgan fingerprint density at radius 2 is 1.93 bits per heavy atom. The summed E-state index contributed by atoms with van der Waals surface area (Å²) in [7, 11) is 0. The van der Waals surface area contributed by atoms with Crippen LogP contribution in [0.4, 0.5) is 0 Å². The number of aromatic nitrogens is 2. The molecular formula is C8H5Cl3N2S. The van der Waals surface area contributed by atoms with Crippen molar-refractivity contribution in [2.24, 2.45) is 0 Å². The maximum absolute atomic E-state index is 5.63. The van der Waals surface area contributed by atoms with E-state index in [0.29, 0.717) is 5.16 Å². The molecule has 0 atom stereocenters. The van der Waals surface area contributed by atoms with Crippen LogP contribution in [0.3, 0.4) is 0 Å². The third-order valence-electron chi connectivity index (χ3n) is 1.58. The van der Waals surface area contributed by atoms with E-state index in [1.807, 2.05) is 24.3 Å². The van der Waals surface area contributed by atoms with Crippen LogP contribution >= 0.6 is 46.6 Å². The van der Waals surface area contributed by atoms with Gasteiger partial charge in [0, 0.05) is 0 Å². The highest BCUT2D eigenvalue weighted by Gasteiger charge is 2.23. The molecule has 6 heteroatoms. The molecule has 1 aromatic carbocycles. The van der Waals surface area contributed by atoms with Gasteiger partial charge in [-0.05, 0) is 23.9 Å². The molecule has 1 N–H and O–H groups in total. The van der Waals surface area contributed by atoms with E-state index in [1.165, 1.54) is 0 Å². The van der Waals surface area contributed by atoms with E-state index in [-0.39, 0.29) is 0 Å². The highest BCUT2D eigenvalue weighted by molar-refractivity contribution is 8.04. The van der Waals surface area contributed by atoms with Crippen molar-refractivity contribution in [2.75, 3.05) is 0 Å². The van der Waals surface area contributed by atoms with Crippen molar-refractivity contribution >= 4 is 57.6 Å². The number of hydrogen-bond acceptors (Lipinski definition) is 2. The average Bonchev–Trinajstić information content (AvgIpc) is 2.42. The zero-order chi connectivity index (χ0) is 10.2. The van der Waals surface area contributed by atoms with Crippen molar-refractivity contribution in [3.8, 4) is 0 Å².